The zero-order chi connectivity index (χ0) is 17.4. The number of carbonyl (C=O) groups is 2. The maximum absolute atomic E-state index is 12.9. The predicted octanol–water partition coefficient (Wildman–Crippen LogP) is 3.87. The summed E-state index contributed by atoms with van der Waals surface area (Å²) in [6.07, 6.45) is 1.41. The summed E-state index contributed by atoms with van der Waals surface area (Å²) >= 11 is 0. The van der Waals surface area contributed by atoms with E-state index in [4.69, 9.17) is 4.42 Å². The fourth-order valence-corrected chi connectivity index (χ4v) is 2.65. The minimum atomic E-state index is -1.08. The largest absolute Gasteiger partial charge is 0.507 e. The fraction of sp³-hybridized carbons (Fsp3) is 0.158. The molecule has 0 aliphatic carbocycles. The molecule has 5 heteroatoms. The van der Waals surface area contributed by atoms with Gasteiger partial charge in [-0.05, 0) is 26.0 Å². The molecule has 5 nitrogen and oxygen atoms in total. The van der Waals surface area contributed by atoms with Gasteiger partial charge >= 0.3 is 5.97 Å². The number of phenols is 1. The van der Waals surface area contributed by atoms with Gasteiger partial charge in [0.05, 0.1) is 12.2 Å². The molecule has 0 amide bonds. The summed E-state index contributed by atoms with van der Waals surface area (Å²) in [7, 11) is 0. The van der Waals surface area contributed by atoms with Crippen molar-refractivity contribution in [2.45, 2.75) is 19.8 Å². The lowest BCUT2D eigenvalue weighted by Crippen LogP contribution is -2.10. The highest BCUT2D eigenvalue weighted by Crippen LogP contribution is 2.37. The van der Waals surface area contributed by atoms with E-state index in [9.17, 15) is 19.8 Å². The van der Waals surface area contributed by atoms with E-state index in [1.54, 1.807) is 36.4 Å². The third kappa shape index (κ3) is 2.54. The number of aliphatic carboxylic acids is 1. The van der Waals surface area contributed by atoms with E-state index in [1.807, 2.05) is 6.92 Å². The van der Waals surface area contributed by atoms with Crippen molar-refractivity contribution in [2.24, 2.45) is 0 Å². The molecule has 3 aromatic rings. The summed E-state index contributed by atoms with van der Waals surface area (Å²) in [5.41, 5.74) is 1.83. The predicted molar refractivity (Wildman–Crippen MR) is 88.5 cm³/mol. The Bertz CT molecular complexity index is 934. The summed E-state index contributed by atoms with van der Waals surface area (Å²) in [4.78, 5) is 24.2. The van der Waals surface area contributed by atoms with Crippen molar-refractivity contribution in [3.63, 3.8) is 0 Å². The molecule has 0 fully saturated rings. The number of aryl methyl sites for hydroxylation is 1. The van der Waals surface area contributed by atoms with E-state index in [-0.39, 0.29) is 22.5 Å². The van der Waals surface area contributed by atoms with Crippen molar-refractivity contribution in [3.8, 4) is 5.75 Å². The lowest BCUT2D eigenvalue weighted by Gasteiger charge is -2.13. The normalized spacial score (nSPS) is 12.2. The first kappa shape index (κ1) is 15.8. The number of hydrogen-bond acceptors (Lipinski definition) is 4. The van der Waals surface area contributed by atoms with E-state index in [0.717, 1.165) is 5.56 Å². The highest BCUT2D eigenvalue weighted by molar-refractivity contribution is 6.17. The molecule has 122 valence electrons. The zero-order valence-electron chi connectivity index (χ0n) is 13.2. The first-order valence-electron chi connectivity index (χ1n) is 7.47. The number of phenolic OH excluding ortho intramolecular Hbond substituents is 1. The molecule has 2 aromatic carbocycles. The average Bonchev–Trinajstić information content (AvgIpc) is 3.01. The number of benzene rings is 2. The van der Waals surface area contributed by atoms with Crippen LogP contribution < -0.4 is 0 Å². The third-order valence-corrected chi connectivity index (χ3v) is 4.12. The first-order chi connectivity index (χ1) is 11.4. The molecule has 0 saturated heterocycles. The van der Waals surface area contributed by atoms with Crippen LogP contribution in [0.25, 0.3) is 11.0 Å². The lowest BCUT2D eigenvalue weighted by molar-refractivity contribution is -0.138. The second kappa shape index (κ2) is 5.85. The molecule has 0 aliphatic heterocycles. The first-order valence-corrected chi connectivity index (χ1v) is 7.47. The van der Waals surface area contributed by atoms with Crippen LogP contribution in [0.3, 0.4) is 0 Å². The summed E-state index contributed by atoms with van der Waals surface area (Å²) in [6, 6.07) is 10.1. The van der Waals surface area contributed by atoms with Crippen LogP contribution in [0, 0.1) is 6.92 Å². The summed E-state index contributed by atoms with van der Waals surface area (Å²) in [5, 5.41) is 20.4. The van der Waals surface area contributed by atoms with Gasteiger partial charge in [0.1, 0.15) is 16.9 Å². The molecule has 0 saturated carbocycles. The number of furan rings is 1. The van der Waals surface area contributed by atoms with Gasteiger partial charge in [0.15, 0.2) is 0 Å². The fourth-order valence-electron chi connectivity index (χ4n) is 2.65. The maximum atomic E-state index is 12.9. The van der Waals surface area contributed by atoms with Gasteiger partial charge in [0, 0.05) is 16.5 Å². The monoisotopic (exact) mass is 324 g/mol. The van der Waals surface area contributed by atoms with Gasteiger partial charge in [-0.1, -0.05) is 29.8 Å². The molecule has 1 unspecified atom stereocenters. The minimum absolute atomic E-state index is 0.00977. The average molecular weight is 324 g/mol. The van der Waals surface area contributed by atoms with Crippen molar-refractivity contribution in [1.29, 1.82) is 0 Å². The standard InChI is InChI=1S/C19H16O5/c1-10-3-5-12(6-4-10)16(20)15-17(21)14(11(2)19(22)23)9-13-7-8-24-18(13)15/h3-9,11,21H,1-2H3,(H,22,23). The number of carboxylic acids is 1. The Hall–Kier alpha value is -3.08. The topological polar surface area (TPSA) is 87.7 Å². The Balaban J connectivity index is 2.24. The second-order valence-corrected chi connectivity index (χ2v) is 5.78. The van der Waals surface area contributed by atoms with Crippen molar-refractivity contribution in [1.82, 2.24) is 0 Å². The molecule has 1 aromatic heterocycles. The van der Waals surface area contributed by atoms with Gasteiger partial charge in [-0.25, -0.2) is 0 Å². The molecule has 2 N–H and O–H groups in total. The second-order valence-electron chi connectivity index (χ2n) is 5.78. The van der Waals surface area contributed by atoms with Crippen LogP contribution in [0.4, 0.5) is 0 Å². The number of rotatable bonds is 4. The van der Waals surface area contributed by atoms with Crippen LogP contribution in [0.15, 0.2) is 47.1 Å². The van der Waals surface area contributed by atoms with Crippen LogP contribution in [0.1, 0.15) is 39.9 Å². The zero-order valence-corrected chi connectivity index (χ0v) is 13.2. The highest BCUT2D eigenvalue weighted by Gasteiger charge is 2.27. The molecule has 0 bridgehead atoms. The molecule has 0 radical (unpaired) electrons. The van der Waals surface area contributed by atoms with E-state index >= 15 is 0 Å². The van der Waals surface area contributed by atoms with Crippen molar-refractivity contribution >= 4 is 22.7 Å². The Labute approximate surface area is 138 Å². The summed E-state index contributed by atoms with van der Waals surface area (Å²) < 4.78 is 5.36. The number of carboxylic acid groups (broad SMARTS) is 1. The molecule has 0 spiro atoms. The van der Waals surface area contributed by atoms with Crippen LogP contribution in [0.2, 0.25) is 0 Å². The SMILES string of the molecule is Cc1ccc(C(=O)c2c(O)c(C(C)C(=O)O)cc3ccoc23)cc1. The number of fused-ring (bicyclic) bond motifs is 1. The van der Waals surface area contributed by atoms with Crippen LogP contribution in [-0.2, 0) is 4.79 Å². The molecular weight excluding hydrogens is 308 g/mol. The van der Waals surface area contributed by atoms with Crippen molar-refractivity contribution in [2.75, 3.05) is 0 Å². The summed E-state index contributed by atoms with van der Waals surface area (Å²) in [5.74, 6) is -2.79. The highest BCUT2D eigenvalue weighted by atomic mass is 16.4. The number of aromatic hydroxyl groups is 1. The number of hydrogen-bond donors (Lipinski definition) is 2. The third-order valence-electron chi connectivity index (χ3n) is 4.12. The van der Waals surface area contributed by atoms with Gasteiger partial charge < -0.3 is 14.6 Å². The number of carbonyl (C=O) groups excluding carboxylic acids is 1. The Kier molecular flexibility index (Phi) is 3.85. The Morgan fingerprint density at radius 2 is 1.79 bits per heavy atom. The minimum Gasteiger partial charge on any atom is -0.507 e. The molecular formula is C19H16O5. The lowest BCUT2D eigenvalue weighted by atomic mass is 9.92. The van der Waals surface area contributed by atoms with Gasteiger partial charge in [-0.2, -0.15) is 0 Å². The maximum Gasteiger partial charge on any atom is 0.310 e. The van der Waals surface area contributed by atoms with E-state index in [2.05, 4.69) is 0 Å². The quantitative estimate of drug-likeness (QED) is 0.711. The molecule has 3 rings (SSSR count). The van der Waals surface area contributed by atoms with Gasteiger partial charge in [0.2, 0.25) is 5.78 Å². The van der Waals surface area contributed by atoms with Crippen molar-refractivity contribution in [3.05, 3.63) is 64.9 Å². The Morgan fingerprint density at radius 1 is 1.12 bits per heavy atom. The molecule has 1 heterocycles. The molecule has 24 heavy (non-hydrogen) atoms. The van der Waals surface area contributed by atoms with Crippen LogP contribution >= 0.6 is 0 Å². The van der Waals surface area contributed by atoms with Gasteiger partial charge in [0.25, 0.3) is 0 Å². The summed E-state index contributed by atoms with van der Waals surface area (Å²) in [6.45, 7) is 3.37. The van der Waals surface area contributed by atoms with Crippen molar-refractivity contribution < 1.29 is 24.2 Å². The molecule has 1 atom stereocenters. The van der Waals surface area contributed by atoms with Gasteiger partial charge in [-0.15, -0.1) is 0 Å². The van der Waals surface area contributed by atoms with Crippen LogP contribution in [-0.4, -0.2) is 22.0 Å². The number of ketones is 1. The van der Waals surface area contributed by atoms with Crippen LogP contribution in [0.5, 0.6) is 5.75 Å². The van der Waals surface area contributed by atoms with Gasteiger partial charge in [-0.3, -0.25) is 9.59 Å². The smallest absolute Gasteiger partial charge is 0.310 e. The van der Waals surface area contributed by atoms with E-state index in [0.29, 0.717) is 10.9 Å². The van der Waals surface area contributed by atoms with E-state index in [1.165, 1.54) is 13.2 Å². The Morgan fingerprint density at radius 3 is 2.42 bits per heavy atom. The van der Waals surface area contributed by atoms with E-state index < -0.39 is 17.7 Å². The molecule has 0 aliphatic rings.